The van der Waals surface area contributed by atoms with Crippen molar-refractivity contribution in [1.82, 2.24) is 19.8 Å². The number of ether oxygens (including phenoxy) is 1. The number of likely N-dealkylation sites (N-methyl/N-ethyl adjacent to an activating group) is 1. The van der Waals surface area contributed by atoms with E-state index in [4.69, 9.17) is 4.74 Å². The predicted molar refractivity (Wildman–Crippen MR) is 84.4 cm³/mol. The Kier molecular flexibility index (Phi) is 4.98. The molecule has 1 aliphatic rings. The number of aromatic nitrogens is 2. The molecule has 2 heterocycles. The van der Waals surface area contributed by atoms with Gasteiger partial charge in [-0.15, -0.1) is 0 Å². The summed E-state index contributed by atoms with van der Waals surface area (Å²) in [4.78, 5) is 12.8. The van der Waals surface area contributed by atoms with Gasteiger partial charge in [0.1, 0.15) is 6.61 Å². The van der Waals surface area contributed by atoms with Crippen LogP contribution in [0.4, 0.5) is 0 Å². The standard InChI is InChI=1S/C17H21N4O/c1-20-9-11-21(12-10-20)13-15-3-5-16(6-4-15)14-22-17-18-7-2-8-19-17/h2-7H,9-14H2,1H3. The van der Waals surface area contributed by atoms with Crippen LogP contribution in [-0.4, -0.2) is 53.0 Å². The zero-order valence-corrected chi connectivity index (χ0v) is 12.9. The molecule has 0 atom stereocenters. The van der Waals surface area contributed by atoms with E-state index in [0.717, 1.165) is 38.3 Å². The van der Waals surface area contributed by atoms with Gasteiger partial charge in [-0.25, -0.2) is 4.98 Å². The molecular formula is C17H21N4O. The average Bonchev–Trinajstić information content (AvgIpc) is 2.57. The number of hydrogen-bond donors (Lipinski definition) is 0. The minimum absolute atomic E-state index is 0.365. The maximum absolute atomic E-state index is 5.52. The van der Waals surface area contributed by atoms with Gasteiger partial charge < -0.3 is 9.64 Å². The van der Waals surface area contributed by atoms with Gasteiger partial charge in [0.25, 0.3) is 0 Å². The molecule has 22 heavy (non-hydrogen) atoms. The Hall–Kier alpha value is -1.98. The Morgan fingerprint density at radius 2 is 1.82 bits per heavy atom. The molecule has 0 saturated carbocycles. The van der Waals surface area contributed by atoms with Crippen molar-refractivity contribution in [2.24, 2.45) is 0 Å². The van der Waals surface area contributed by atoms with E-state index < -0.39 is 0 Å². The number of nitrogens with zero attached hydrogens (tertiary/aromatic N) is 4. The van der Waals surface area contributed by atoms with Gasteiger partial charge in [0.2, 0.25) is 0 Å². The Bertz CT molecular complexity index is 565. The lowest BCUT2D eigenvalue weighted by Crippen LogP contribution is -2.43. The molecule has 1 aromatic carbocycles. The molecule has 2 aromatic rings. The molecule has 1 fully saturated rings. The average molecular weight is 297 g/mol. The number of rotatable bonds is 5. The van der Waals surface area contributed by atoms with E-state index in [1.807, 2.05) is 0 Å². The Morgan fingerprint density at radius 3 is 2.50 bits per heavy atom. The molecule has 1 saturated heterocycles. The molecule has 1 aliphatic heterocycles. The molecule has 5 heteroatoms. The van der Waals surface area contributed by atoms with Gasteiger partial charge >= 0.3 is 6.01 Å². The molecule has 0 unspecified atom stereocenters. The first-order chi connectivity index (χ1) is 10.8. The van der Waals surface area contributed by atoms with Crippen LogP contribution >= 0.6 is 0 Å². The summed E-state index contributed by atoms with van der Waals surface area (Å²) in [6.07, 6.45) is 4.33. The van der Waals surface area contributed by atoms with E-state index in [2.05, 4.69) is 57.3 Å². The van der Waals surface area contributed by atoms with Gasteiger partial charge in [0.05, 0.1) is 6.20 Å². The number of benzene rings is 1. The molecular weight excluding hydrogens is 276 g/mol. The van der Waals surface area contributed by atoms with E-state index in [9.17, 15) is 0 Å². The molecule has 0 amide bonds. The van der Waals surface area contributed by atoms with Crippen molar-refractivity contribution in [3.63, 3.8) is 0 Å². The molecule has 5 nitrogen and oxygen atoms in total. The zero-order chi connectivity index (χ0) is 15.2. The van der Waals surface area contributed by atoms with Crippen LogP contribution in [0.3, 0.4) is 0 Å². The van der Waals surface area contributed by atoms with Crippen LogP contribution < -0.4 is 4.74 Å². The largest absolute Gasteiger partial charge is 0.459 e. The predicted octanol–water partition coefficient (Wildman–Crippen LogP) is 1.60. The first-order valence-electron chi connectivity index (χ1n) is 7.60. The van der Waals surface area contributed by atoms with Gasteiger partial charge in [-0.3, -0.25) is 4.90 Å². The van der Waals surface area contributed by atoms with E-state index in [-0.39, 0.29) is 0 Å². The highest BCUT2D eigenvalue weighted by molar-refractivity contribution is 5.22. The Balaban J connectivity index is 1.50. The fourth-order valence-corrected chi connectivity index (χ4v) is 2.48. The third-order valence-corrected chi connectivity index (χ3v) is 3.89. The van der Waals surface area contributed by atoms with Crippen molar-refractivity contribution in [3.8, 4) is 6.01 Å². The Labute approximate surface area is 131 Å². The summed E-state index contributed by atoms with van der Waals surface area (Å²) < 4.78 is 5.52. The minimum atomic E-state index is 0.365. The lowest BCUT2D eigenvalue weighted by atomic mass is 10.1. The highest BCUT2D eigenvalue weighted by Gasteiger charge is 2.13. The summed E-state index contributed by atoms with van der Waals surface area (Å²) in [7, 11) is 2.18. The van der Waals surface area contributed by atoms with Crippen LogP contribution in [0.15, 0.2) is 36.5 Å². The highest BCUT2D eigenvalue weighted by Crippen LogP contribution is 2.11. The van der Waals surface area contributed by atoms with E-state index in [1.165, 1.54) is 5.56 Å². The number of piperazine rings is 1. The normalized spacial score (nSPS) is 16.6. The maximum atomic E-state index is 5.52. The summed E-state index contributed by atoms with van der Waals surface area (Å²) in [5.74, 6) is 0. The van der Waals surface area contributed by atoms with Crippen LogP contribution in [0.1, 0.15) is 11.1 Å². The molecule has 0 bridgehead atoms. The van der Waals surface area contributed by atoms with Gasteiger partial charge in [0.15, 0.2) is 0 Å². The van der Waals surface area contributed by atoms with Crippen LogP contribution in [-0.2, 0) is 13.2 Å². The molecule has 3 rings (SSSR count). The first-order valence-corrected chi connectivity index (χ1v) is 7.60. The number of hydrogen-bond acceptors (Lipinski definition) is 5. The lowest BCUT2D eigenvalue weighted by molar-refractivity contribution is 0.148. The second-order valence-corrected chi connectivity index (χ2v) is 5.65. The molecule has 0 spiro atoms. The van der Waals surface area contributed by atoms with Crippen molar-refractivity contribution in [2.75, 3.05) is 33.2 Å². The summed E-state index contributed by atoms with van der Waals surface area (Å²) in [5, 5.41) is 0. The van der Waals surface area contributed by atoms with E-state index in [0.29, 0.717) is 12.6 Å². The van der Waals surface area contributed by atoms with Crippen LogP contribution in [0, 0.1) is 6.20 Å². The van der Waals surface area contributed by atoms with Crippen LogP contribution in [0.2, 0.25) is 0 Å². The van der Waals surface area contributed by atoms with E-state index >= 15 is 0 Å². The van der Waals surface area contributed by atoms with Gasteiger partial charge in [0, 0.05) is 38.9 Å². The van der Waals surface area contributed by atoms with Crippen LogP contribution in [0.25, 0.3) is 0 Å². The summed E-state index contributed by atoms with van der Waals surface area (Å²) in [6, 6.07) is 10.6. The topological polar surface area (TPSA) is 41.5 Å². The Morgan fingerprint density at radius 1 is 1.09 bits per heavy atom. The van der Waals surface area contributed by atoms with Crippen molar-refractivity contribution in [3.05, 3.63) is 53.9 Å². The molecule has 115 valence electrons. The quantitative estimate of drug-likeness (QED) is 0.838. The first kappa shape index (κ1) is 14.9. The molecule has 0 N–H and O–H groups in total. The van der Waals surface area contributed by atoms with Crippen LogP contribution in [0.5, 0.6) is 6.01 Å². The van der Waals surface area contributed by atoms with Gasteiger partial charge in [-0.05, 0) is 24.2 Å². The van der Waals surface area contributed by atoms with Crippen molar-refractivity contribution >= 4 is 0 Å². The fourth-order valence-electron chi connectivity index (χ4n) is 2.48. The maximum Gasteiger partial charge on any atom is 0.317 e. The van der Waals surface area contributed by atoms with Gasteiger partial charge in [-0.2, -0.15) is 4.98 Å². The highest BCUT2D eigenvalue weighted by atomic mass is 16.5. The van der Waals surface area contributed by atoms with Crippen molar-refractivity contribution in [2.45, 2.75) is 13.2 Å². The molecule has 1 aromatic heterocycles. The SMILES string of the molecule is CN1CCN(Cc2ccc(COc3n[c]ccn3)cc2)CC1. The fraction of sp³-hybridized carbons (Fsp3) is 0.412. The second kappa shape index (κ2) is 7.33. The van der Waals surface area contributed by atoms with Gasteiger partial charge in [-0.1, -0.05) is 24.3 Å². The summed E-state index contributed by atoms with van der Waals surface area (Å²) in [6.45, 7) is 6.09. The van der Waals surface area contributed by atoms with Crippen molar-refractivity contribution < 1.29 is 4.74 Å². The van der Waals surface area contributed by atoms with Crippen molar-refractivity contribution in [1.29, 1.82) is 0 Å². The smallest absolute Gasteiger partial charge is 0.317 e. The zero-order valence-electron chi connectivity index (χ0n) is 12.9. The third-order valence-electron chi connectivity index (χ3n) is 3.89. The second-order valence-electron chi connectivity index (χ2n) is 5.65. The summed E-state index contributed by atoms with van der Waals surface area (Å²) in [5.41, 5.74) is 2.46. The third kappa shape index (κ3) is 4.26. The van der Waals surface area contributed by atoms with E-state index in [1.54, 1.807) is 12.3 Å². The minimum Gasteiger partial charge on any atom is -0.459 e. The molecule has 1 radical (unpaired) electrons. The monoisotopic (exact) mass is 297 g/mol. The molecule has 0 aliphatic carbocycles. The lowest BCUT2D eigenvalue weighted by Gasteiger charge is -2.32. The summed E-state index contributed by atoms with van der Waals surface area (Å²) >= 11 is 0.